The topological polar surface area (TPSA) is 30.7 Å². The predicted molar refractivity (Wildman–Crippen MR) is 160 cm³/mol. The normalized spacial score (nSPS) is 11.7. The first-order chi connectivity index (χ1) is 18.8. The van der Waals surface area contributed by atoms with Gasteiger partial charge in [-0.15, -0.1) is 11.3 Å². The van der Waals surface area contributed by atoms with E-state index in [1.165, 1.54) is 30.9 Å². The molecule has 0 aliphatic rings. The van der Waals surface area contributed by atoms with Gasteiger partial charge < -0.3 is 0 Å². The van der Waals surface area contributed by atoms with Gasteiger partial charge in [0.05, 0.1) is 16.7 Å². The fraction of sp³-hybridized carbons (Fsp3) is 0. The highest BCUT2D eigenvalue weighted by Crippen LogP contribution is 2.43. The number of aromatic nitrogens is 3. The van der Waals surface area contributed by atoms with Crippen LogP contribution < -0.4 is 0 Å². The standard InChI is InChI=1S/C34H21N3S/c1-3-11-22(12-4-1)26-21-31(36-34(35-26)23-13-5-2-6-14-23)37-27-17-9-7-15-24(27)32-28(37)19-20-30-33(32)25-16-8-10-18-29(25)38-30/h1-21H. The molecule has 0 aliphatic heterocycles. The second kappa shape index (κ2) is 8.37. The van der Waals surface area contributed by atoms with Crippen LogP contribution in [0.4, 0.5) is 0 Å². The fourth-order valence-corrected chi connectivity index (χ4v) is 6.66. The van der Waals surface area contributed by atoms with Crippen LogP contribution in [0.25, 0.3) is 70.4 Å². The number of benzene rings is 5. The predicted octanol–water partition coefficient (Wildman–Crippen LogP) is 9.28. The molecule has 0 atom stereocenters. The van der Waals surface area contributed by atoms with Gasteiger partial charge in [0.25, 0.3) is 0 Å². The summed E-state index contributed by atoms with van der Waals surface area (Å²) in [6, 6.07) is 44.6. The minimum Gasteiger partial charge on any atom is -0.294 e. The van der Waals surface area contributed by atoms with Gasteiger partial charge in [-0.2, -0.15) is 0 Å². The van der Waals surface area contributed by atoms with Gasteiger partial charge in [0, 0.05) is 48.1 Å². The van der Waals surface area contributed by atoms with Gasteiger partial charge in [-0.05, 0) is 24.3 Å². The number of hydrogen-bond donors (Lipinski definition) is 0. The molecular formula is C34H21N3S. The van der Waals surface area contributed by atoms with Crippen LogP contribution in [0.1, 0.15) is 0 Å². The number of hydrogen-bond acceptors (Lipinski definition) is 3. The molecule has 0 fully saturated rings. The van der Waals surface area contributed by atoms with E-state index in [1.54, 1.807) is 0 Å². The molecule has 178 valence electrons. The first kappa shape index (κ1) is 21.3. The van der Waals surface area contributed by atoms with Gasteiger partial charge in [0.2, 0.25) is 0 Å². The van der Waals surface area contributed by atoms with Crippen molar-refractivity contribution in [3.05, 3.63) is 127 Å². The summed E-state index contributed by atoms with van der Waals surface area (Å²) in [5.74, 6) is 1.58. The lowest BCUT2D eigenvalue weighted by atomic mass is 10.1. The molecule has 0 bridgehead atoms. The van der Waals surface area contributed by atoms with Gasteiger partial charge >= 0.3 is 0 Å². The lowest BCUT2D eigenvalue weighted by Gasteiger charge is -2.12. The van der Waals surface area contributed by atoms with Crippen molar-refractivity contribution in [3.8, 4) is 28.5 Å². The van der Waals surface area contributed by atoms with Crippen LogP contribution in [-0.2, 0) is 0 Å². The Morgan fingerprint density at radius 3 is 2.00 bits per heavy atom. The second-order valence-corrected chi connectivity index (χ2v) is 10.5. The smallest absolute Gasteiger partial charge is 0.162 e. The third kappa shape index (κ3) is 3.21. The highest BCUT2D eigenvalue weighted by Gasteiger charge is 2.19. The van der Waals surface area contributed by atoms with Crippen molar-refractivity contribution in [2.45, 2.75) is 0 Å². The van der Waals surface area contributed by atoms with E-state index < -0.39 is 0 Å². The quantitative estimate of drug-likeness (QED) is 0.240. The third-order valence-corrected chi connectivity index (χ3v) is 8.36. The molecular weight excluding hydrogens is 482 g/mol. The summed E-state index contributed by atoms with van der Waals surface area (Å²) in [7, 11) is 0. The summed E-state index contributed by atoms with van der Waals surface area (Å²) < 4.78 is 4.92. The molecule has 0 N–H and O–H groups in total. The summed E-state index contributed by atoms with van der Waals surface area (Å²) in [6.45, 7) is 0. The average Bonchev–Trinajstić information content (AvgIpc) is 3.53. The molecule has 5 aromatic carbocycles. The van der Waals surface area contributed by atoms with E-state index in [9.17, 15) is 0 Å². The molecule has 4 heteroatoms. The summed E-state index contributed by atoms with van der Waals surface area (Å²) in [5, 5.41) is 5.13. The Morgan fingerprint density at radius 2 is 1.18 bits per heavy atom. The summed E-state index contributed by atoms with van der Waals surface area (Å²) in [4.78, 5) is 10.2. The van der Waals surface area contributed by atoms with E-state index in [1.807, 2.05) is 35.6 Å². The van der Waals surface area contributed by atoms with Crippen LogP contribution in [-0.4, -0.2) is 14.5 Å². The van der Waals surface area contributed by atoms with Crippen molar-refractivity contribution in [3.63, 3.8) is 0 Å². The maximum Gasteiger partial charge on any atom is 0.162 e. The number of para-hydroxylation sites is 1. The Bertz CT molecular complexity index is 2070. The van der Waals surface area contributed by atoms with E-state index in [0.29, 0.717) is 0 Å². The lowest BCUT2D eigenvalue weighted by Crippen LogP contribution is -2.02. The number of rotatable bonds is 3. The third-order valence-electron chi connectivity index (χ3n) is 7.22. The molecule has 38 heavy (non-hydrogen) atoms. The average molecular weight is 504 g/mol. The molecule has 0 radical (unpaired) electrons. The zero-order valence-corrected chi connectivity index (χ0v) is 21.2. The van der Waals surface area contributed by atoms with Gasteiger partial charge in [-0.1, -0.05) is 97.1 Å². The molecule has 0 spiro atoms. The van der Waals surface area contributed by atoms with Crippen LogP contribution in [0, 0.1) is 0 Å². The largest absolute Gasteiger partial charge is 0.294 e. The van der Waals surface area contributed by atoms with Crippen molar-refractivity contribution in [1.29, 1.82) is 0 Å². The van der Waals surface area contributed by atoms with Gasteiger partial charge in [-0.25, -0.2) is 9.97 Å². The summed E-state index contributed by atoms with van der Waals surface area (Å²) in [5.41, 5.74) is 5.27. The van der Waals surface area contributed by atoms with Crippen LogP contribution in [0.3, 0.4) is 0 Å². The Balaban J connectivity index is 1.51. The van der Waals surface area contributed by atoms with Crippen molar-refractivity contribution in [1.82, 2.24) is 14.5 Å². The first-order valence-electron chi connectivity index (χ1n) is 12.7. The zero-order valence-electron chi connectivity index (χ0n) is 20.4. The van der Waals surface area contributed by atoms with Crippen LogP contribution >= 0.6 is 11.3 Å². The van der Waals surface area contributed by atoms with Crippen molar-refractivity contribution >= 4 is 53.3 Å². The SMILES string of the molecule is c1ccc(-c2cc(-n3c4ccccc4c4c5c(ccc43)sc3ccccc35)nc(-c3ccccc3)n2)cc1. The van der Waals surface area contributed by atoms with Gasteiger partial charge in [0.1, 0.15) is 5.82 Å². The number of nitrogens with zero attached hydrogens (tertiary/aromatic N) is 3. The van der Waals surface area contributed by atoms with Crippen LogP contribution in [0.2, 0.25) is 0 Å². The monoisotopic (exact) mass is 503 g/mol. The van der Waals surface area contributed by atoms with Crippen molar-refractivity contribution in [2.24, 2.45) is 0 Å². The number of fused-ring (bicyclic) bond motifs is 7. The molecule has 3 aromatic heterocycles. The highest BCUT2D eigenvalue weighted by atomic mass is 32.1. The Morgan fingerprint density at radius 1 is 0.500 bits per heavy atom. The Hall–Kier alpha value is -4.80. The maximum atomic E-state index is 5.16. The summed E-state index contributed by atoms with van der Waals surface area (Å²) in [6.07, 6.45) is 0. The van der Waals surface area contributed by atoms with E-state index >= 15 is 0 Å². The number of thiophene rings is 1. The molecule has 0 aliphatic carbocycles. The Labute approximate surface area is 223 Å². The zero-order chi connectivity index (χ0) is 25.1. The highest BCUT2D eigenvalue weighted by molar-refractivity contribution is 7.26. The molecule has 8 rings (SSSR count). The van der Waals surface area contributed by atoms with E-state index in [4.69, 9.17) is 9.97 Å². The Kier molecular flexibility index (Phi) is 4.69. The molecule has 8 aromatic rings. The molecule has 0 saturated heterocycles. The fourth-order valence-electron chi connectivity index (χ4n) is 5.54. The molecule has 3 nitrogen and oxygen atoms in total. The molecule has 0 amide bonds. The molecule has 0 saturated carbocycles. The molecule has 0 unspecified atom stereocenters. The van der Waals surface area contributed by atoms with Gasteiger partial charge in [0.15, 0.2) is 5.82 Å². The van der Waals surface area contributed by atoms with Crippen molar-refractivity contribution < 1.29 is 0 Å². The van der Waals surface area contributed by atoms with Gasteiger partial charge in [-0.3, -0.25) is 4.57 Å². The lowest BCUT2D eigenvalue weighted by molar-refractivity contribution is 1.05. The van der Waals surface area contributed by atoms with E-state index in [2.05, 4.69) is 108 Å². The van der Waals surface area contributed by atoms with Crippen LogP contribution in [0.5, 0.6) is 0 Å². The molecule has 3 heterocycles. The van der Waals surface area contributed by atoms with E-state index in [0.717, 1.165) is 39.5 Å². The van der Waals surface area contributed by atoms with Crippen LogP contribution in [0.15, 0.2) is 127 Å². The minimum absolute atomic E-state index is 0.718. The van der Waals surface area contributed by atoms with Crippen molar-refractivity contribution in [2.75, 3.05) is 0 Å². The summed E-state index contributed by atoms with van der Waals surface area (Å²) >= 11 is 1.85. The first-order valence-corrected chi connectivity index (χ1v) is 13.5. The second-order valence-electron chi connectivity index (χ2n) is 9.45. The van der Waals surface area contributed by atoms with E-state index in [-0.39, 0.29) is 0 Å². The minimum atomic E-state index is 0.718. The maximum absolute atomic E-state index is 5.16.